The zero-order valence-electron chi connectivity index (χ0n) is 22.4. The summed E-state index contributed by atoms with van der Waals surface area (Å²) in [5.41, 5.74) is 4.89. The minimum absolute atomic E-state index is 0.0396. The lowest BCUT2D eigenvalue weighted by Gasteiger charge is -2.37. The Balaban J connectivity index is 1.22. The Morgan fingerprint density at radius 3 is 2.80 bits per heavy atom. The van der Waals surface area contributed by atoms with Gasteiger partial charge in [-0.15, -0.1) is 5.10 Å². The molecule has 1 amide bonds. The minimum Gasteiger partial charge on any atom is -0.402 e. The van der Waals surface area contributed by atoms with Crippen LogP contribution in [0.2, 0.25) is 0 Å². The molecule has 1 aliphatic carbocycles. The number of aliphatic imine (C=N–C) groups is 1. The summed E-state index contributed by atoms with van der Waals surface area (Å²) in [5, 5.41) is 24.0. The summed E-state index contributed by atoms with van der Waals surface area (Å²) in [4.78, 5) is 24.9. The molecular formula is C30H28N8O3. The normalized spacial score (nSPS) is 25.0. The molecule has 41 heavy (non-hydrogen) atoms. The summed E-state index contributed by atoms with van der Waals surface area (Å²) in [6.45, 7) is 3.39. The highest BCUT2D eigenvalue weighted by molar-refractivity contribution is 6.21. The standard InChI is InChI=1S/C30H28N8O3/c1-17-5-4-6-19(11-17)25-22-7-2-3-8-23(22)33-28(39)27(34-25)35-30-37-36-29(41-30)26-24(12-18(13-31)14-32-26)38-20-9-10-21(38)16-40-15-20/h2-4,6-8,11-12,14,17,20-21,27H,5,9-10,15-16H2,1H3,(H,33,39)(H,35,37)/t17?,20?,21?,27-/m1/s1. The third-order valence-corrected chi connectivity index (χ3v) is 7.89. The topological polar surface area (TPSA) is 142 Å². The highest BCUT2D eigenvalue weighted by Crippen LogP contribution is 2.39. The molecule has 3 unspecified atom stereocenters. The highest BCUT2D eigenvalue weighted by atomic mass is 16.5. The van der Waals surface area contributed by atoms with Crippen molar-refractivity contribution in [2.75, 3.05) is 28.7 Å². The molecule has 0 spiro atoms. The number of ether oxygens (including phenoxy) is 1. The van der Waals surface area contributed by atoms with Crippen LogP contribution in [0.3, 0.4) is 0 Å². The highest BCUT2D eigenvalue weighted by Gasteiger charge is 2.39. The lowest BCUT2D eigenvalue weighted by molar-refractivity contribution is -0.116. The number of nitrogens with zero attached hydrogens (tertiary/aromatic N) is 6. The van der Waals surface area contributed by atoms with E-state index < -0.39 is 6.17 Å². The number of rotatable bonds is 5. The molecule has 11 nitrogen and oxygen atoms in total. The maximum atomic E-state index is 13.3. The molecule has 0 radical (unpaired) electrons. The van der Waals surface area contributed by atoms with Crippen molar-refractivity contribution in [2.45, 2.75) is 44.4 Å². The monoisotopic (exact) mass is 548 g/mol. The van der Waals surface area contributed by atoms with E-state index in [-0.39, 0.29) is 29.9 Å². The third-order valence-electron chi connectivity index (χ3n) is 7.89. The Hall–Kier alpha value is -4.82. The molecule has 1 aromatic carbocycles. The summed E-state index contributed by atoms with van der Waals surface area (Å²) in [5.74, 6) is 0.200. The van der Waals surface area contributed by atoms with Gasteiger partial charge in [0.05, 0.1) is 47.9 Å². The Labute approximate surface area is 236 Å². The lowest BCUT2D eigenvalue weighted by Crippen LogP contribution is -2.46. The molecule has 206 valence electrons. The van der Waals surface area contributed by atoms with E-state index in [1.54, 1.807) is 0 Å². The van der Waals surface area contributed by atoms with E-state index in [0.29, 0.717) is 41.8 Å². The first-order chi connectivity index (χ1) is 20.1. The van der Waals surface area contributed by atoms with Gasteiger partial charge in [0.25, 0.3) is 11.8 Å². The number of morpholine rings is 1. The van der Waals surface area contributed by atoms with Crippen LogP contribution in [0.5, 0.6) is 0 Å². The van der Waals surface area contributed by atoms with Crippen molar-refractivity contribution in [3.8, 4) is 17.7 Å². The zero-order valence-corrected chi connectivity index (χ0v) is 22.4. The number of aromatic nitrogens is 3. The van der Waals surface area contributed by atoms with Crippen LogP contribution >= 0.6 is 0 Å². The first-order valence-electron chi connectivity index (χ1n) is 13.8. The van der Waals surface area contributed by atoms with E-state index in [1.165, 1.54) is 6.20 Å². The number of allylic oxidation sites excluding steroid dienone is 4. The Morgan fingerprint density at radius 1 is 1.17 bits per heavy atom. The molecule has 4 aliphatic rings. The van der Waals surface area contributed by atoms with Crippen LogP contribution in [0.4, 0.5) is 17.4 Å². The van der Waals surface area contributed by atoms with Crippen molar-refractivity contribution in [1.29, 1.82) is 5.26 Å². The first-order valence-corrected chi connectivity index (χ1v) is 13.8. The third kappa shape index (κ3) is 4.66. The summed E-state index contributed by atoms with van der Waals surface area (Å²) >= 11 is 0. The number of hydrogen-bond acceptors (Lipinski definition) is 10. The Kier molecular flexibility index (Phi) is 6.32. The van der Waals surface area contributed by atoms with Crippen LogP contribution in [0.15, 0.2) is 69.7 Å². The van der Waals surface area contributed by atoms with Gasteiger partial charge in [0.2, 0.25) is 6.17 Å². The maximum Gasteiger partial charge on any atom is 0.317 e. The van der Waals surface area contributed by atoms with E-state index in [4.69, 9.17) is 14.1 Å². The maximum absolute atomic E-state index is 13.3. The Morgan fingerprint density at radius 2 is 2.00 bits per heavy atom. The predicted octanol–water partition coefficient (Wildman–Crippen LogP) is 4.07. The number of benzene rings is 1. The number of hydrogen-bond donors (Lipinski definition) is 2. The molecule has 7 rings (SSSR count). The largest absolute Gasteiger partial charge is 0.402 e. The number of anilines is 3. The average molecular weight is 549 g/mol. The number of para-hydroxylation sites is 1. The lowest BCUT2D eigenvalue weighted by atomic mass is 9.92. The van der Waals surface area contributed by atoms with E-state index in [9.17, 15) is 10.1 Å². The smallest absolute Gasteiger partial charge is 0.317 e. The van der Waals surface area contributed by atoms with E-state index >= 15 is 0 Å². The Bertz CT molecular complexity index is 1630. The number of pyridine rings is 1. The van der Waals surface area contributed by atoms with Crippen LogP contribution in [0.1, 0.15) is 37.3 Å². The number of nitrogens with one attached hydrogen (secondary N) is 2. The number of carbonyl (C=O) groups excluding carboxylic acids is 1. The SMILES string of the molecule is CC1C=C(C2=N[C@H](Nc3nnc(-c4ncc(C#N)cc4N4C5CCC4COC5)o3)C(=O)Nc3ccccc32)C=CC1. The van der Waals surface area contributed by atoms with Crippen LogP contribution in [0, 0.1) is 17.2 Å². The molecule has 11 heteroatoms. The summed E-state index contributed by atoms with van der Waals surface area (Å²) in [7, 11) is 0. The summed E-state index contributed by atoms with van der Waals surface area (Å²) < 4.78 is 11.8. The van der Waals surface area contributed by atoms with Crippen molar-refractivity contribution >= 4 is 29.0 Å². The number of benzodiazepines with no additional fused rings is 1. The average Bonchev–Trinajstić information content (AvgIpc) is 3.51. The van der Waals surface area contributed by atoms with Gasteiger partial charge in [-0.25, -0.2) is 9.98 Å². The molecule has 2 N–H and O–H groups in total. The number of nitriles is 1. The van der Waals surface area contributed by atoms with Gasteiger partial charge >= 0.3 is 6.01 Å². The van der Waals surface area contributed by atoms with Crippen LogP contribution < -0.4 is 15.5 Å². The van der Waals surface area contributed by atoms with Gasteiger partial charge in [-0.1, -0.05) is 48.4 Å². The number of fused-ring (bicyclic) bond motifs is 3. The second-order valence-corrected chi connectivity index (χ2v) is 10.7. The molecule has 4 atom stereocenters. The van der Waals surface area contributed by atoms with Gasteiger partial charge in [-0.3, -0.25) is 4.79 Å². The van der Waals surface area contributed by atoms with E-state index in [0.717, 1.165) is 36.1 Å². The number of amides is 1. The van der Waals surface area contributed by atoms with Crippen molar-refractivity contribution in [3.63, 3.8) is 0 Å². The molecular weight excluding hydrogens is 520 g/mol. The van der Waals surface area contributed by atoms with Crippen molar-refractivity contribution in [3.05, 3.63) is 71.5 Å². The quantitative estimate of drug-likeness (QED) is 0.482. The first kappa shape index (κ1) is 25.2. The second-order valence-electron chi connectivity index (χ2n) is 10.7. The van der Waals surface area contributed by atoms with Gasteiger partial charge < -0.3 is 24.7 Å². The minimum atomic E-state index is -1.01. The van der Waals surface area contributed by atoms with Gasteiger partial charge in [0, 0.05) is 11.8 Å². The summed E-state index contributed by atoms with van der Waals surface area (Å²) in [6, 6.07) is 12.0. The molecule has 2 saturated heterocycles. The second kappa shape index (κ2) is 10.3. The molecule has 3 aromatic rings. The van der Waals surface area contributed by atoms with Gasteiger partial charge in [0.15, 0.2) is 5.69 Å². The molecule has 0 saturated carbocycles. The molecule has 5 heterocycles. The predicted molar refractivity (Wildman–Crippen MR) is 152 cm³/mol. The molecule has 2 fully saturated rings. The van der Waals surface area contributed by atoms with Crippen molar-refractivity contribution in [1.82, 2.24) is 15.2 Å². The van der Waals surface area contributed by atoms with Gasteiger partial charge in [-0.2, -0.15) is 5.26 Å². The fraction of sp³-hybridized carbons (Fsp3) is 0.333. The van der Waals surface area contributed by atoms with Gasteiger partial charge in [0.1, 0.15) is 6.07 Å². The molecule has 2 aromatic heterocycles. The van der Waals surface area contributed by atoms with Crippen LogP contribution in [-0.2, 0) is 9.53 Å². The van der Waals surface area contributed by atoms with Crippen LogP contribution in [0.25, 0.3) is 11.6 Å². The zero-order chi connectivity index (χ0) is 27.9. The van der Waals surface area contributed by atoms with Crippen molar-refractivity contribution in [2.24, 2.45) is 10.9 Å². The fourth-order valence-electron chi connectivity index (χ4n) is 5.97. The number of carbonyl (C=O) groups is 1. The fourth-order valence-corrected chi connectivity index (χ4v) is 5.97. The van der Waals surface area contributed by atoms with Crippen molar-refractivity contribution < 1.29 is 13.9 Å². The van der Waals surface area contributed by atoms with Gasteiger partial charge in [-0.05, 0) is 42.9 Å². The van der Waals surface area contributed by atoms with E-state index in [2.05, 4.69) is 55.9 Å². The molecule has 3 aliphatic heterocycles. The van der Waals surface area contributed by atoms with Crippen LogP contribution in [-0.4, -0.2) is 58.3 Å². The van der Waals surface area contributed by atoms with E-state index in [1.807, 2.05) is 36.4 Å². The molecule has 2 bridgehead atoms. The summed E-state index contributed by atoms with van der Waals surface area (Å²) in [6.07, 6.45) is 9.79.